The molecule has 1 amide bonds. The fourth-order valence-corrected chi connectivity index (χ4v) is 3.21. The molecule has 0 radical (unpaired) electrons. The summed E-state index contributed by atoms with van der Waals surface area (Å²) in [7, 11) is 0. The van der Waals surface area contributed by atoms with E-state index in [-0.39, 0.29) is 29.0 Å². The molecule has 2 aromatic heterocycles. The van der Waals surface area contributed by atoms with Crippen molar-refractivity contribution in [3.8, 4) is 11.3 Å². The molecule has 0 saturated carbocycles. The molecule has 1 aliphatic heterocycles. The zero-order valence-corrected chi connectivity index (χ0v) is 16.0. The van der Waals surface area contributed by atoms with Crippen LogP contribution in [0.3, 0.4) is 0 Å². The van der Waals surface area contributed by atoms with E-state index < -0.39 is 17.6 Å². The molecular formula is C20H17F3N6O. The zero-order chi connectivity index (χ0) is 21.5. The first-order valence-corrected chi connectivity index (χ1v) is 9.08. The molecule has 0 spiro atoms. The van der Waals surface area contributed by atoms with Crippen molar-refractivity contribution >= 4 is 23.2 Å². The number of alkyl halides is 3. The summed E-state index contributed by atoms with van der Waals surface area (Å²) in [6.07, 6.45) is -1.27. The van der Waals surface area contributed by atoms with E-state index in [9.17, 15) is 18.0 Å². The van der Waals surface area contributed by atoms with Crippen molar-refractivity contribution in [3.05, 3.63) is 59.9 Å². The van der Waals surface area contributed by atoms with Crippen LogP contribution in [0.5, 0.6) is 0 Å². The number of amides is 1. The standard InChI is InChI=1S/C20H17F3N6O/c1-11-9-12(2)26-18(25-11)19(30)27-17-10-24-16-8-7-15(28-29(16)17)13-5-3-4-6-14(13)20(21,22)23/h3-11H,1-2H3,(H,25,26)(H,27,30). The number of nitrogens with zero attached hydrogens (tertiary/aromatic N) is 4. The van der Waals surface area contributed by atoms with Crippen molar-refractivity contribution in [2.45, 2.75) is 26.1 Å². The first kappa shape index (κ1) is 19.6. The fourth-order valence-electron chi connectivity index (χ4n) is 3.21. The molecule has 1 atom stereocenters. The number of fused-ring (bicyclic) bond motifs is 1. The monoisotopic (exact) mass is 414 g/mol. The van der Waals surface area contributed by atoms with E-state index in [0.717, 1.165) is 11.8 Å². The molecule has 30 heavy (non-hydrogen) atoms. The van der Waals surface area contributed by atoms with Crippen LogP contribution in [0.15, 0.2) is 59.4 Å². The maximum atomic E-state index is 13.4. The van der Waals surface area contributed by atoms with Crippen LogP contribution < -0.4 is 10.6 Å². The molecule has 0 saturated heterocycles. The van der Waals surface area contributed by atoms with Crippen molar-refractivity contribution in [2.75, 3.05) is 5.32 Å². The molecule has 0 bridgehead atoms. The summed E-state index contributed by atoms with van der Waals surface area (Å²) >= 11 is 0. The lowest BCUT2D eigenvalue weighted by atomic mass is 10.0. The van der Waals surface area contributed by atoms with Crippen LogP contribution in [0.1, 0.15) is 19.4 Å². The Balaban J connectivity index is 1.69. The van der Waals surface area contributed by atoms with Crippen molar-refractivity contribution < 1.29 is 18.0 Å². The van der Waals surface area contributed by atoms with Gasteiger partial charge in [0.1, 0.15) is 0 Å². The predicted octanol–water partition coefficient (Wildman–Crippen LogP) is 3.65. The van der Waals surface area contributed by atoms with Crippen LogP contribution in [0, 0.1) is 0 Å². The zero-order valence-electron chi connectivity index (χ0n) is 16.0. The third-order valence-electron chi connectivity index (χ3n) is 4.47. The molecule has 0 fully saturated rings. The minimum absolute atomic E-state index is 0.0641. The number of aromatic nitrogens is 3. The quantitative estimate of drug-likeness (QED) is 0.685. The minimum atomic E-state index is -4.52. The summed E-state index contributed by atoms with van der Waals surface area (Å²) < 4.78 is 41.4. The van der Waals surface area contributed by atoms with E-state index >= 15 is 0 Å². The Morgan fingerprint density at radius 1 is 1.20 bits per heavy atom. The van der Waals surface area contributed by atoms with E-state index in [1.54, 1.807) is 0 Å². The van der Waals surface area contributed by atoms with Gasteiger partial charge in [0.25, 0.3) is 5.91 Å². The lowest BCUT2D eigenvalue weighted by Crippen LogP contribution is -2.38. The van der Waals surface area contributed by atoms with E-state index in [0.29, 0.717) is 5.65 Å². The minimum Gasteiger partial charge on any atom is -0.340 e. The van der Waals surface area contributed by atoms with Gasteiger partial charge >= 0.3 is 6.18 Å². The first-order valence-electron chi connectivity index (χ1n) is 9.08. The van der Waals surface area contributed by atoms with Gasteiger partial charge in [-0.3, -0.25) is 9.79 Å². The molecule has 1 unspecified atom stereocenters. The second-order valence-corrected chi connectivity index (χ2v) is 6.82. The number of halogens is 3. The van der Waals surface area contributed by atoms with Gasteiger partial charge < -0.3 is 10.6 Å². The third kappa shape index (κ3) is 3.76. The Labute approximate surface area is 169 Å². The normalized spacial score (nSPS) is 16.6. The van der Waals surface area contributed by atoms with Gasteiger partial charge in [0, 0.05) is 11.3 Å². The van der Waals surface area contributed by atoms with Gasteiger partial charge in [-0.15, -0.1) is 0 Å². The number of amidine groups is 1. The van der Waals surface area contributed by atoms with Crippen LogP contribution in [0.4, 0.5) is 19.0 Å². The number of hydrogen-bond acceptors (Lipinski definition) is 5. The fraction of sp³-hybridized carbons (Fsp3) is 0.200. The molecule has 154 valence electrons. The molecular weight excluding hydrogens is 397 g/mol. The molecule has 3 aromatic rings. The van der Waals surface area contributed by atoms with E-state index in [1.807, 2.05) is 19.9 Å². The number of hydrogen-bond donors (Lipinski definition) is 2. The van der Waals surface area contributed by atoms with Crippen molar-refractivity contribution in [3.63, 3.8) is 0 Å². The number of imidazole rings is 1. The lowest BCUT2D eigenvalue weighted by molar-refractivity contribution is -0.137. The second kappa shape index (κ2) is 7.29. The summed E-state index contributed by atoms with van der Waals surface area (Å²) in [6.45, 7) is 3.66. The van der Waals surface area contributed by atoms with Gasteiger partial charge in [0.2, 0.25) is 0 Å². The Bertz CT molecular complexity index is 1190. The number of rotatable bonds is 3. The topological polar surface area (TPSA) is 83.7 Å². The Hall–Kier alpha value is -3.69. The van der Waals surface area contributed by atoms with Crippen molar-refractivity contribution in [1.82, 2.24) is 19.9 Å². The first-order chi connectivity index (χ1) is 14.2. The maximum Gasteiger partial charge on any atom is 0.417 e. The number of aliphatic imine (C=N–C) groups is 1. The molecule has 1 aliphatic rings. The Morgan fingerprint density at radius 2 is 1.97 bits per heavy atom. The number of nitrogens with one attached hydrogen (secondary N) is 2. The summed E-state index contributed by atoms with van der Waals surface area (Å²) in [5.74, 6) is -0.152. The Morgan fingerprint density at radius 3 is 2.70 bits per heavy atom. The van der Waals surface area contributed by atoms with Crippen LogP contribution in [0.25, 0.3) is 16.9 Å². The van der Waals surface area contributed by atoms with Crippen molar-refractivity contribution in [2.24, 2.45) is 4.99 Å². The largest absolute Gasteiger partial charge is 0.417 e. The van der Waals surface area contributed by atoms with Gasteiger partial charge in [0.15, 0.2) is 17.3 Å². The Kier molecular flexibility index (Phi) is 4.76. The molecule has 2 N–H and O–H groups in total. The lowest BCUT2D eigenvalue weighted by Gasteiger charge is -2.17. The highest BCUT2D eigenvalue weighted by Crippen LogP contribution is 2.36. The van der Waals surface area contributed by atoms with E-state index in [1.165, 1.54) is 41.0 Å². The SMILES string of the molecule is CC1=CC(C)N=C(C(=O)Nc2cnc3ccc(-c4ccccc4C(F)(F)F)nn23)N1. The number of carbonyl (C=O) groups excluding carboxylic acids is 1. The van der Waals surface area contributed by atoms with E-state index in [4.69, 9.17) is 0 Å². The van der Waals surface area contributed by atoms with Gasteiger partial charge in [0.05, 0.1) is 23.5 Å². The maximum absolute atomic E-state index is 13.4. The van der Waals surface area contributed by atoms with Gasteiger partial charge in [-0.25, -0.2) is 4.98 Å². The molecule has 10 heteroatoms. The average molecular weight is 414 g/mol. The number of anilines is 1. The van der Waals surface area contributed by atoms with Crippen LogP contribution in [-0.4, -0.2) is 32.4 Å². The highest BCUT2D eigenvalue weighted by atomic mass is 19.4. The molecule has 0 aliphatic carbocycles. The smallest absolute Gasteiger partial charge is 0.340 e. The highest BCUT2D eigenvalue weighted by Gasteiger charge is 2.33. The van der Waals surface area contributed by atoms with Gasteiger partial charge in [-0.1, -0.05) is 18.2 Å². The third-order valence-corrected chi connectivity index (χ3v) is 4.47. The summed E-state index contributed by atoms with van der Waals surface area (Å²) in [5, 5.41) is 9.82. The highest BCUT2D eigenvalue weighted by molar-refractivity contribution is 6.42. The summed E-state index contributed by atoms with van der Waals surface area (Å²) in [6, 6.07) is 8.03. The number of carbonyl (C=O) groups is 1. The summed E-state index contributed by atoms with van der Waals surface area (Å²) in [4.78, 5) is 21.0. The van der Waals surface area contributed by atoms with Crippen LogP contribution in [0.2, 0.25) is 0 Å². The molecule has 4 rings (SSSR count). The van der Waals surface area contributed by atoms with Gasteiger partial charge in [-0.05, 0) is 38.1 Å². The van der Waals surface area contributed by atoms with Gasteiger partial charge in [-0.2, -0.15) is 22.8 Å². The van der Waals surface area contributed by atoms with Crippen LogP contribution in [-0.2, 0) is 11.0 Å². The van der Waals surface area contributed by atoms with Crippen molar-refractivity contribution in [1.29, 1.82) is 0 Å². The second-order valence-electron chi connectivity index (χ2n) is 6.82. The molecule has 7 nitrogen and oxygen atoms in total. The number of benzene rings is 1. The van der Waals surface area contributed by atoms with E-state index in [2.05, 4.69) is 25.7 Å². The number of allylic oxidation sites excluding steroid dienone is 1. The predicted molar refractivity (Wildman–Crippen MR) is 106 cm³/mol. The molecule has 1 aromatic carbocycles. The van der Waals surface area contributed by atoms with Crippen LogP contribution >= 0.6 is 0 Å². The average Bonchev–Trinajstić information content (AvgIpc) is 3.08. The molecule has 3 heterocycles. The summed E-state index contributed by atoms with van der Waals surface area (Å²) in [5.41, 5.74) is 0.418.